The van der Waals surface area contributed by atoms with E-state index < -0.39 is 0 Å². The third-order valence-corrected chi connectivity index (χ3v) is 14.3. The smallest absolute Gasteiger partial charge is 0.116 e. The molecule has 282 valence electrons. The topological polar surface area (TPSA) is 51.6 Å². The first-order valence-corrected chi connectivity index (χ1v) is 21.0. The highest BCUT2D eigenvalue weighted by atomic mass is 14.9. The lowest BCUT2D eigenvalue weighted by Gasteiger charge is -2.31. The summed E-state index contributed by atoms with van der Waals surface area (Å²) in [5.74, 6) is 0. The lowest BCUT2D eigenvalue weighted by atomic mass is 9.72. The summed E-state index contributed by atoms with van der Waals surface area (Å²) >= 11 is 0. The van der Waals surface area contributed by atoms with E-state index in [0.717, 1.165) is 32.8 Å². The fourth-order valence-corrected chi connectivity index (χ4v) is 11.3. The molecule has 0 aliphatic carbocycles. The number of fused-ring (bicyclic) bond motifs is 6. The quantitative estimate of drug-likeness (QED) is 0.114. The van der Waals surface area contributed by atoms with E-state index >= 15 is 0 Å². The van der Waals surface area contributed by atoms with Crippen LogP contribution in [0.25, 0.3) is 130 Å². The maximum Gasteiger partial charge on any atom is 0.116 e. The monoisotopic (exact) mass is 750 g/mol. The van der Waals surface area contributed by atoms with Crippen LogP contribution in [0.5, 0.6) is 0 Å². The predicted octanol–water partition coefficient (Wildman–Crippen LogP) is 14.9. The fraction of sp³-hybridized carbons (Fsp3) is 0.296. The molecule has 0 aliphatic rings. The first kappa shape index (κ1) is 33.3. The van der Waals surface area contributed by atoms with Crippen molar-refractivity contribution >= 4 is 130 Å². The summed E-state index contributed by atoms with van der Waals surface area (Å²) in [4.78, 5) is 20.7. The SMILES string of the molecule is CC(C)(C)c1cc2c3cc(C(C)(C)C)cc4c5cc(C(C)(C)C)cc6c7ncnc8c9ncnc%10c%11cc(C(C)(C)C)cc%12c(c1)c2c1c(c34)c(c56)c(c78)c(c%109)c1c%12%11. The first-order valence-electron chi connectivity index (χ1n) is 21.0. The van der Waals surface area contributed by atoms with Crippen LogP contribution in [0.15, 0.2) is 61.2 Å². The Morgan fingerprint density at radius 3 is 0.707 bits per heavy atom. The van der Waals surface area contributed by atoms with Crippen LogP contribution < -0.4 is 0 Å². The molecule has 0 fully saturated rings. The van der Waals surface area contributed by atoms with Crippen molar-refractivity contribution in [2.45, 2.75) is 105 Å². The minimum absolute atomic E-state index is 0.0602. The zero-order valence-corrected chi connectivity index (χ0v) is 35.6. The Bertz CT molecular complexity index is 3660. The van der Waals surface area contributed by atoms with E-state index in [4.69, 9.17) is 19.9 Å². The van der Waals surface area contributed by atoms with Crippen molar-refractivity contribution in [1.82, 2.24) is 19.9 Å². The van der Waals surface area contributed by atoms with Gasteiger partial charge in [-0.1, -0.05) is 83.1 Å². The molecule has 0 saturated carbocycles. The average molecular weight is 751 g/mol. The third kappa shape index (κ3) is 3.67. The summed E-state index contributed by atoms with van der Waals surface area (Å²) < 4.78 is 0. The van der Waals surface area contributed by atoms with Gasteiger partial charge < -0.3 is 0 Å². The summed E-state index contributed by atoms with van der Waals surface area (Å²) in [7, 11) is 0. The minimum Gasteiger partial charge on any atom is -0.236 e. The summed E-state index contributed by atoms with van der Waals surface area (Å²) in [6.07, 6.45) is 3.54. The van der Waals surface area contributed by atoms with E-state index in [2.05, 4.69) is 132 Å². The molecule has 0 bridgehead atoms. The Morgan fingerprint density at radius 1 is 0.241 bits per heavy atom. The van der Waals surface area contributed by atoms with Crippen LogP contribution in [0.1, 0.15) is 105 Å². The van der Waals surface area contributed by atoms with Gasteiger partial charge in [-0.2, -0.15) is 0 Å². The van der Waals surface area contributed by atoms with Gasteiger partial charge in [-0.3, -0.25) is 0 Å². The normalized spacial score (nSPS) is 14.6. The molecule has 58 heavy (non-hydrogen) atoms. The van der Waals surface area contributed by atoms with Gasteiger partial charge >= 0.3 is 0 Å². The molecule has 2 aromatic heterocycles. The highest BCUT2D eigenvalue weighted by molar-refractivity contribution is 6.60. The Labute approximate surface area is 336 Å². The van der Waals surface area contributed by atoms with Crippen LogP contribution in [-0.2, 0) is 21.7 Å². The molecule has 0 aliphatic heterocycles. The second-order valence-electron chi connectivity index (χ2n) is 21.9. The fourth-order valence-electron chi connectivity index (χ4n) is 11.3. The highest BCUT2D eigenvalue weighted by Gasteiger charge is 2.35. The molecule has 4 nitrogen and oxygen atoms in total. The third-order valence-electron chi connectivity index (χ3n) is 14.3. The Kier molecular flexibility index (Phi) is 5.49. The van der Waals surface area contributed by atoms with Crippen molar-refractivity contribution in [2.24, 2.45) is 0 Å². The van der Waals surface area contributed by atoms with Gasteiger partial charge in [0.1, 0.15) is 23.7 Å². The maximum absolute atomic E-state index is 5.23. The van der Waals surface area contributed by atoms with E-state index in [1.54, 1.807) is 12.7 Å². The van der Waals surface area contributed by atoms with Gasteiger partial charge in [0.2, 0.25) is 0 Å². The van der Waals surface area contributed by atoms with Crippen molar-refractivity contribution in [1.29, 1.82) is 0 Å². The first-order chi connectivity index (χ1) is 27.3. The second kappa shape index (κ2) is 9.58. The van der Waals surface area contributed by atoms with E-state index in [1.807, 2.05) is 0 Å². The van der Waals surface area contributed by atoms with Crippen LogP contribution in [-0.4, -0.2) is 19.9 Å². The van der Waals surface area contributed by atoms with Crippen LogP contribution in [0.3, 0.4) is 0 Å². The van der Waals surface area contributed by atoms with E-state index in [9.17, 15) is 0 Å². The lowest BCUT2D eigenvalue weighted by Crippen LogP contribution is -2.13. The molecule has 0 N–H and O–H groups in total. The van der Waals surface area contributed by atoms with Gasteiger partial charge in [0.15, 0.2) is 0 Å². The molecule has 2 heterocycles. The molecule has 0 atom stereocenters. The van der Waals surface area contributed by atoms with Gasteiger partial charge in [0, 0.05) is 53.9 Å². The average Bonchev–Trinajstić information content (AvgIpc) is 3.16. The maximum atomic E-state index is 5.23. The Hall–Kier alpha value is -5.74. The van der Waals surface area contributed by atoms with Crippen molar-refractivity contribution in [3.63, 3.8) is 0 Å². The molecule has 0 saturated heterocycles. The molecule has 0 radical (unpaired) electrons. The second-order valence-corrected chi connectivity index (χ2v) is 21.9. The van der Waals surface area contributed by atoms with Crippen molar-refractivity contribution in [3.8, 4) is 0 Å². The molecule has 0 spiro atoms. The zero-order chi connectivity index (χ0) is 40.1. The van der Waals surface area contributed by atoms with Crippen LogP contribution in [0, 0.1) is 0 Å². The zero-order valence-electron chi connectivity index (χ0n) is 35.6. The molecule has 4 heteroatoms. The summed E-state index contributed by atoms with van der Waals surface area (Å²) in [6, 6.07) is 20.1. The van der Waals surface area contributed by atoms with Gasteiger partial charge in [-0.15, -0.1) is 0 Å². The molecular weight excluding hydrogens is 705 g/mol. The van der Waals surface area contributed by atoms with Crippen LogP contribution in [0.2, 0.25) is 0 Å². The number of hydrogen-bond donors (Lipinski definition) is 0. The minimum atomic E-state index is -0.0768. The van der Waals surface area contributed by atoms with E-state index in [-0.39, 0.29) is 21.7 Å². The summed E-state index contributed by atoms with van der Waals surface area (Å²) in [5, 5.41) is 26.1. The molecule has 11 aromatic carbocycles. The largest absolute Gasteiger partial charge is 0.236 e. The molecule has 0 amide bonds. The van der Waals surface area contributed by atoms with Gasteiger partial charge in [-0.25, -0.2) is 19.9 Å². The molecule has 0 unspecified atom stereocenters. The van der Waals surface area contributed by atoms with Crippen molar-refractivity contribution in [3.05, 3.63) is 83.4 Å². The van der Waals surface area contributed by atoms with Crippen molar-refractivity contribution in [2.75, 3.05) is 0 Å². The standard InChI is InChI=1S/C54H46N4/c1-51(2,3)23-13-27-28-14-24(52(4,5)6)16-30-32-18-26(54(10,11)12)20-34-38(32)42-40(36(28)30)39-35(27)29(15-23)31-17-25(53(7,8)9)19-33-37(31)41(39)43-44(42)46-48(34)56-22-58-50(46)49-45(43)47(33)55-21-57-49/h13-22H,1-12H3. The van der Waals surface area contributed by atoms with Crippen LogP contribution >= 0.6 is 0 Å². The van der Waals surface area contributed by atoms with E-state index in [0.29, 0.717) is 0 Å². The highest BCUT2D eigenvalue weighted by Crippen LogP contribution is 2.60. The van der Waals surface area contributed by atoms with Gasteiger partial charge in [0.05, 0.1) is 11.0 Å². The number of hydrogen-bond acceptors (Lipinski definition) is 4. The van der Waals surface area contributed by atoms with Crippen molar-refractivity contribution < 1.29 is 0 Å². The Morgan fingerprint density at radius 2 is 0.448 bits per heavy atom. The van der Waals surface area contributed by atoms with Gasteiger partial charge in [0.25, 0.3) is 0 Å². The van der Waals surface area contributed by atoms with E-state index in [1.165, 1.54) is 119 Å². The number of benzene rings is 11. The Balaban J connectivity index is 1.51. The summed E-state index contributed by atoms with van der Waals surface area (Å²) in [6.45, 7) is 28.2. The van der Waals surface area contributed by atoms with Gasteiger partial charge in [-0.05, 0) is 146 Å². The predicted molar refractivity (Wildman–Crippen MR) is 250 cm³/mol. The summed E-state index contributed by atoms with van der Waals surface area (Å²) in [5.41, 5.74) is 8.95. The molecular formula is C54H46N4. The number of aromatic nitrogens is 4. The number of nitrogens with zero attached hydrogens (tertiary/aromatic N) is 4. The molecule has 13 aromatic rings. The number of rotatable bonds is 0. The lowest BCUT2D eigenvalue weighted by molar-refractivity contribution is 0.591. The van der Waals surface area contributed by atoms with Crippen LogP contribution in [0.4, 0.5) is 0 Å². The molecule has 13 rings (SSSR count).